The van der Waals surface area contributed by atoms with Crippen molar-refractivity contribution in [3.05, 3.63) is 306 Å². The van der Waals surface area contributed by atoms with Crippen LogP contribution in [0.15, 0.2) is 206 Å². The minimum absolute atomic E-state index is 0.202. The molecular weight excluding hydrogens is 1180 g/mol. The Bertz CT molecular complexity index is 4040. The Labute approximate surface area is 567 Å². The molecule has 5 aliphatic carbocycles. The van der Waals surface area contributed by atoms with Crippen molar-refractivity contribution in [2.45, 2.75) is 166 Å². The lowest BCUT2D eigenvalue weighted by molar-refractivity contribution is 0.253. The Balaban J connectivity index is 0.844. The van der Waals surface area contributed by atoms with Crippen molar-refractivity contribution in [2.24, 2.45) is 0 Å². The third-order valence-corrected chi connectivity index (χ3v) is 20.9. The summed E-state index contributed by atoms with van der Waals surface area (Å²) in [4.78, 5) is 0. The molecule has 488 valence electrons. The summed E-state index contributed by atoms with van der Waals surface area (Å²) in [6.07, 6.45) is 16.3. The van der Waals surface area contributed by atoms with E-state index in [9.17, 15) is 0 Å². The number of aryl methyl sites for hydroxylation is 4. The minimum atomic E-state index is 0.202. The van der Waals surface area contributed by atoms with Gasteiger partial charge >= 0.3 is 0 Å². The van der Waals surface area contributed by atoms with E-state index in [2.05, 4.69) is 182 Å². The molecule has 0 amide bonds. The summed E-state index contributed by atoms with van der Waals surface area (Å²) >= 11 is 0. The van der Waals surface area contributed by atoms with E-state index in [4.69, 9.17) is 37.9 Å². The first kappa shape index (κ1) is 62.7. The molecule has 0 aliphatic heterocycles. The first-order valence-electron chi connectivity index (χ1n) is 35.3. The van der Waals surface area contributed by atoms with Gasteiger partial charge in [0.25, 0.3) is 0 Å². The Morgan fingerprint density at radius 3 is 0.844 bits per heavy atom. The summed E-state index contributed by atoms with van der Waals surface area (Å²) in [6, 6.07) is 74.1. The molecule has 0 N–H and O–H groups in total. The van der Waals surface area contributed by atoms with Crippen molar-refractivity contribution in [2.75, 3.05) is 14.2 Å². The maximum atomic E-state index is 7.56. The van der Waals surface area contributed by atoms with E-state index in [-0.39, 0.29) is 23.7 Å². The lowest BCUT2D eigenvalue weighted by Crippen LogP contribution is -2.25. The van der Waals surface area contributed by atoms with Crippen molar-refractivity contribution < 1.29 is 37.9 Å². The molecule has 15 rings (SSSR count). The van der Waals surface area contributed by atoms with E-state index in [0.717, 1.165) is 146 Å². The molecule has 2 saturated carbocycles. The summed E-state index contributed by atoms with van der Waals surface area (Å²) in [5, 5.41) is 0. The van der Waals surface area contributed by atoms with Gasteiger partial charge in [0.05, 0.1) is 14.2 Å². The molecule has 8 nitrogen and oxygen atoms in total. The van der Waals surface area contributed by atoms with Gasteiger partial charge in [-0.05, 0) is 225 Å². The first-order chi connectivity index (χ1) is 47.4. The van der Waals surface area contributed by atoms with Crippen LogP contribution in [0.5, 0.6) is 46.0 Å². The molecule has 0 aromatic heterocycles. The molecule has 0 radical (unpaired) electrons. The lowest BCUT2D eigenvalue weighted by Gasteiger charge is -2.41. The van der Waals surface area contributed by atoms with Crippen molar-refractivity contribution in [1.82, 2.24) is 0 Å². The molecule has 8 heteroatoms. The van der Waals surface area contributed by atoms with Gasteiger partial charge in [-0.1, -0.05) is 195 Å². The molecule has 10 aromatic rings. The number of hydrogen-bond acceptors (Lipinski definition) is 8. The molecular formula is C88H88O8. The highest BCUT2D eigenvalue weighted by Gasteiger charge is 2.41. The average molecular weight is 1270 g/mol. The predicted molar refractivity (Wildman–Crippen MR) is 381 cm³/mol. The Hall–Kier alpha value is -9.40. The van der Waals surface area contributed by atoms with E-state index in [1.807, 2.05) is 38.5 Å². The van der Waals surface area contributed by atoms with Gasteiger partial charge in [0.2, 0.25) is 0 Å². The van der Waals surface area contributed by atoms with Crippen molar-refractivity contribution >= 4 is 0 Å². The highest BCUT2D eigenvalue weighted by Crippen LogP contribution is 2.58. The predicted octanol–water partition coefficient (Wildman–Crippen LogP) is 20.5. The zero-order chi connectivity index (χ0) is 64.6. The molecule has 4 atom stereocenters. The number of methoxy groups -OCH3 is 2. The monoisotopic (exact) mass is 1270 g/mol. The molecule has 0 saturated heterocycles. The number of hydrogen-bond donors (Lipinski definition) is 0. The van der Waals surface area contributed by atoms with E-state index < -0.39 is 0 Å². The summed E-state index contributed by atoms with van der Waals surface area (Å²) in [6.45, 7) is 2.41. The third kappa shape index (κ3) is 14.1. The van der Waals surface area contributed by atoms with Crippen LogP contribution in [0.4, 0.5) is 0 Å². The van der Waals surface area contributed by atoms with E-state index >= 15 is 0 Å². The van der Waals surface area contributed by atoms with Gasteiger partial charge in [0, 0.05) is 12.8 Å². The second-order valence-electron chi connectivity index (χ2n) is 27.4. The SMILES string of the molecule is COc1c2cc3cc1C1CCC1c1cc(cc(c1OCc1ccc(OCc4ccccc4)c(OCc4ccccc4)c1)Cc1cc4cc(c1OC)C1CCC1c1cc(cc(c1OCc1ccc(OCc5ccccc5)c(OCc5ccccc5)c1)C2)CCCCC4)CCCCC3. The van der Waals surface area contributed by atoms with Crippen LogP contribution >= 0.6 is 0 Å². The van der Waals surface area contributed by atoms with Crippen LogP contribution in [0.2, 0.25) is 0 Å². The van der Waals surface area contributed by atoms with Crippen LogP contribution in [-0.2, 0) is 78.2 Å². The molecule has 10 aromatic carbocycles. The summed E-state index contributed by atoms with van der Waals surface area (Å²) < 4.78 is 55.3. The van der Waals surface area contributed by atoms with Crippen LogP contribution < -0.4 is 37.9 Å². The van der Waals surface area contributed by atoms with Gasteiger partial charge in [0.1, 0.15) is 62.6 Å². The molecule has 4 unspecified atom stereocenters. The van der Waals surface area contributed by atoms with Crippen LogP contribution in [-0.4, -0.2) is 14.2 Å². The summed E-state index contributed by atoms with van der Waals surface area (Å²) in [5.74, 6) is 7.63. The maximum Gasteiger partial charge on any atom is 0.162 e. The molecule has 12 bridgehead atoms. The van der Waals surface area contributed by atoms with Gasteiger partial charge in [-0.3, -0.25) is 0 Å². The quantitative estimate of drug-likeness (QED) is 0.0747. The van der Waals surface area contributed by atoms with Crippen molar-refractivity contribution in [3.63, 3.8) is 0 Å². The molecule has 0 heterocycles. The van der Waals surface area contributed by atoms with Crippen LogP contribution in [0.1, 0.15) is 188 Å². The second kappa shape index (κ2) is 29.3. The van der Waals surface area contributed by atoms with E-state index in [1.165, 1.54) is 66.8 Å². The average Bonchev–Trinajstić information content (AvgIpc) is 0.865. The number of benzene rings is 10. The summed E-state index contributed by atoms with van der Waals surface area (Å²) in [5.41, 5.74) is 22.1. The van der Waals surface area contributed by atoms with Gasteiger partial charge in [-0.15, -0.1) is 0 Å². The van der Waals surface area contributed by atoms with Crippen LogP contribution in [0, 0.1) is 0 Å². The van der Waals surface area contributed by atoms with Gasteiger partial charge in [-0.2, -0.15) is 0 Å². The fourth-order valence-corrected chi connectivity index (χ4v) is 15.8. The number of ether oxygens (including phenoxy) is 8. The Morgan fingerprint density at radius 1 is 0.260 bits per heavy atom. The topological polar surface area (TPSA) is 73.8 Å². The minimum Gasteiger partial charge on any atom is -0.496 e. The lowest BCUT2D eigenvalue weighted by atomic mass is 9.64. The van der Waals surface area contributed by atoms with E-state index in [1.54, 1.807) is 0 Å². The first-order valence-corrected chi connectivity index (χ1v) is 35.3. The van der Waals surface area contributed by atoms with Gasteiger partial charge in [0.15, 0.2) is 23.0 Å². The van der Waals surface area contributed by atoms with Crippen LogP contribution in [0.25, 0.3) is 0 Å². The zero-order valence-corrected chi connectivity index (χ0v) is 55.8. The maximum absolute atomic E-state index is 7.56. The Morgan fingerprint density at radius 2 is 0.542 bits per heavy atom. The smallest absolute Gasteiger partial charge is 0.162 e. The van der Waals surface area contributed by atoms with Crippen molar-refractivity contribution in [1.29, 1.82) is 0 Å². The molecule has 5 aliphatic rings. The fourth-order valence-electron chi connectivity index (χ4n) is 15.8. The third-order valence-electron chi connectivity index (χ3n) is 20.9. The highest BCUT2D eigenvalue weighted by molar-refractivity contribution is 5.60. The number of fused-ring (bicyclic) bond motifs is 8. The standard InChI is InChI=1S/C88H88O8/c1-89-85-69-41-63-29-17-7-19-32-66-44-72(88(79(47-66)75-37-35-73(75)77(85)45-63)96-58-68-34-40-82(92-54-60-23-11-4-12-24-60)84(50-68)94-56-62-27-15-6-16-28-62)52-70-42-64-30-18-8-20-31-65-43-71(51-69)87(80(48-65)76-38-36-74(76)78(46-64)86(70)90-2)95-57-67-33-39-81(91-53-59-21-9-3-10-22-59)83(49-67)93-55-61-25-13-5-14-26-61/h3-6,9-16,21-28,33-34,39-50,73-76H,7-8,17-20,29-32,35-38,51-58H2,1-2H3. The Kier molecular flexibility index (Phi) is 19.1. The number of rotatable bonds is 20. The largest absolute Gasteiger partial charge is 0.496 e. The van der Waals surface area contributed by atoms with Crippen LogP contribution in [0.3, 0.4) is 0 Å². The molecule has 0 spiro atoms. The van der Waals surface area contributed by atoms with E-state index in [0.29, 0.717) is 75.5 Å². The van der Waals surface area contributed by atoms with Gasteiger partial charge < -0.3 is 37.9 Å². The highest BCUT2D eigenvalue weighted by atomic mass is 16.5. The van der Waals surface area contributed by atoms with Gasteiger partial charge in [-0.25, -0.2) is 0 Å². The normalized spacial score (nSPS) is 17.7. The summed E-state index contributed by atoms with van der Waals surface area (Å²) in [7, 11) is 3.80. The fraction of sp³-hybridized carbons (Fsp3) is 0.318. The second-order valence-corrected chi connectivity index (χ2v) is 27.4. The molecule has 96 heavy (non-hydrogen) atoms. The molecule has 2 fully saturated rings. The van der Waals surface area contributed by atoms with Crippen molar-refractivity contribution in [3.8, 4) is 46.0 Å². The zero-order valence-electron chi connectivity index (χ0n) is 55.8.